The van der Waals surface area contributed by atoms with E-state index in [2.05, 4.69) is 36.9 Å². The Morgan fingerprint density at radius 2 is 2.00 bits per heavy atom. The smallest absolute Gasteiger partial charge is 0.309 e. The van der Waals surface area contributed by atoms with Gasteiger partial charge in [0.1, 0.15) is 0 Å². The van der Waals surface area contributed by atoms with E-state index in [1.54, 1.807) is 0 Å². The van der Waals surface area contributed by atoms with Crippen LogP contribution in [-0.4, -0.2) is 13.1 Å². The van der Waals surface area contributed by atoms with Crippen LogP contribution in [0, 0.1) is 5.92 Å². The summed E-state index contributed by atoms with van der Waals surface area (Å²) in [6.07, 6.45) is 9.01. The Morgan fingerprint density at radius 3 is 2.75 bits per heavy atom. The molecule has 3 atom stereocenters. The second-order valence-corrected chi connectivity index (χ2v) is 5.40. The minimum Gasteiger partial charge on any atom is -0.469 e. The molecule has 2 heteroatoms. The summed E-state index contributed by atoms with van der Waals surface area (Å²) in [5, 5.41) is 0. The van der Waals surface area contributed by atoms with E-state index >= 15 is 0 Å². The highest BCUT2D eigenvalue weighted by Gasteiger charge is 2.39. The third-order valence-electron chi connectivity index (χ3n) is 4.31. The molecule has 1 aromatic rings. The van der Waals surface area contributed by atoms with E-state index in [9.17, 15) is 4.79 Å². The molecule has 0 aliphatic heterocycles. The van der Waals surface area contributed by atoms with Crippen molar-refractivity contribution in [3.8, 4) is 0 Å². The zero-order valence-electron chi connectivity index (χ0n) is 11.6. The lowest BCUT2D eigenvalue weighted by atomic mass is 9.68. The summed E-state index contributed by atoms with van der Waals surface area (Å²) >= 11 is 0. The highest BCUT2D eigenvalue weighted by molar-refractivity contribution is 5.76. The van der Waals surface area contributed by atoms with Gasteiger partial charge in [-0.25, -0.2) is 0 Å². The Kier molecular flexibility index (Phi) is 3.31. The van der Waals surface area contributed by atoms with Crippen molar-refractivity contribution in [1.82, 2.24) is 0 Å². The molecule has 2 nitrogen and oxygen atoms in total. The number of esters is 1. The maximum Gasteiger partial charge on any atom is 0.309 e. The normalized spacial score (nSPS) is 30.6. The van der Waals surface area contributed by atoms with E-state index in [0.717, 1.165) is 12.0 Å². The van der Waals surface area contributed by atoms with Gasteiger partial charge >= 0.3 is 5.97 Å². The number of hydrogen-bond acceptors (Lipinski definition) is 2. The number of allylic oxidation sites excluding steroid dienone is 5. The molecule has 0 amide bonds. The monoisotopic (exact) mass is 266 g/mol. The van der Waals surface area contributed by atoms with Crippen LogP contribution in [0.5, 0.6) is 0 Å². The Bertz CT molecular complexity index is 610. The molecule has 0 fully saturated rings. The topological polar surface area (TPSA) is 26.3 Å². The SMILES string of the molecule is C=C1/C=C\C=C/C2CC(C(=O)OC)C1c1ccccc12. The predicted molar refractivity (Wildman–Crippen MR) is 79.5 cm³/mol. The number of carbonyl (C=O) groups is 1. The second-order valence-electron chi connectivity index (χ2n) is 5.40. The van der Waals surface area contributed by atoms with Gasteiger partial charge in [-0.05, 0) is 23.1 Å². The van der Waals surface area contributed by atoms with E-state index in [1.807, 2.05) is 18.2 Å². The van der Waals surface area contributed by atoms with Gasteiger partial charge in [0.25, 0.3) is 0 Å². The fraction of sp³-hybridized carbons (Fsp3) is 0.278. The average molecular weight is 266 g/mol. The first-order valence-corrected chi connectivity index (χ1v) is 6.92. The Labute approximate surface area is 119 Å². The van der Waals surface area contributed by atoms with Crippen molar-refractivity contribution in [2.75, 3.05) is 7.11 Å². The van der Waals surface area contributed by atoms with Gasteiger partial charge in [-0.3, -0.25) is 4.79 Å². The molecule has 0 spiro atoms. The van der Waals surface area contributed by atoms with Crippen molar-refractivity contribution < 1.29 is 9.53 Å². The van der Waals surface area contributed by atoms with Gasteiger partial charge in [0.15, 0.2) is 0 Å². The lowest BCUT2D eigenvalue weighted by Gasteiger charge is -2.35. The Hall–Kier alpha value is -2.09. The van der Waals surface area contributed by atoms with Crippen molar-refractivity contribution in [2.45, 2.75) is 18.3 Å². The van der Waals surface area contributed by atoms with E-state index in [-0.39, 0.29) is 23.7 Å². The zero-order valence-corrected chi connectivity index (χ0v) is 11.6. The lowest BCUT2D eigenvalue weighted by molar-refractivity contribution is -0.146. The highest BCUT2D eigenvalue weighted by atomic mass is 16.5. The number of fused-ring (bicyclic) bond motifs is 6. The van der Waals surface area contributed by atoms with Crippen molar-refractivity contribution in [2.24, 2.45) is 5.92 Å². The molecule has 0 saturated heterocycles. The molecule has 0 heterocycles. The minimum atomic E-state index is -0.153. The fourth-order valence-corrected chi connectivity index (χ4v) is 3.39. The van der Waals surface area contributed by atoms with Crippen LogP contribution in [0.1, 0.15) is 29.4 Å². The molecule has 102 valence electrons. The molecule has 0 radical (unpaired) electrons. The molecular weight excluding hydrogens is 248 g/mol. The van der Waals surface area contributed by atoms with Crippen LogP contribution >= 0.6 is 0 Å². The number of methoxy groups -OCH3 is 1. The molecule has 0 aromatic heterocycles. The number of ether oxygens (including phenoxy) is 1. The van der Waals surface area contributed by atoms with Gasteiger partial charge in [0.05, 0.1) is 13.0 Å². The Morgan fingerprint density at radius 1 is 1.25 bits per heavy atom. The average Bonchev–Trinajstić information content (AvgIpc) is 2.60. The fourth-order valence-electron chi connectivity index (χ4n) is 3.39. The van der Waals surface area contributed by atoms with Crippen LogP contribution in [0.2, 0.25) is 0 Å². The van der Waals surface area contributed by atoms with Gasteiger partial charge in [0, 0.05) is 11.8 Å². The summed E-state index contributed by atoms with van der Waals surface area (Å²) in [7, 11) is 1.46. The van der Waals surface area contributed by atoms with E-state index in [0.29, 0.717) is 0 Å². The molecule has 20 heavy (non-hydrogen) atoms. The summed E-state index contributed by atoms with van der Waals surface area (Å²) in [6.45, 7) is 4.17. The van der Waals surface area contributed by atoms with Crippen LogP contribution in [0.25, 0.3) is 0 Å². The molecule has 3 unspecified atom stereocenters. The molecule has 2 aliphatic carbocycles. The molecule has 2 aliphatic rings. The van der Waals surface area contributed by atoms with Crippen LogP contribution in [0.3, 0.4) is 0 Å². The van der Waals surface area contributed by atoms with Crippen molar-refractivity contribution in [3.63, 3.8) is 0 Å². The van der Waals surface area contributed by atoms with Gasteiger partial charge in [0.2, 0.25) is 0 Å². The summed E-state index contributed by atoms with van der Waals surface area (Å²) < 4.78 is 5.01. The van der Waals surface area contributed by atoms with Crippen molar-refractivity contribution in [1.29, 1.82) is 0 Å². The number of benzene rings is 1. The van der Waals surface area contributed by atoms with Gasteiger partial charge < -0.3 is 4.74 Å². The maximum absolute atomic E-state index is 12.2. The first-order chi connectivity index (χ1) is 9.72. The summed E-state index contributed by atoms with van der Waals surface area (Å²) in [6, 6.07) is 8.36. The third-order valence-corrected chi connectivity index (χ3v) is 4.31. The predicted octanol–water partition coefficient (Wildman–Crippen LogP) is 3.73. The first kappa shape index (κ1) is 12.9. The molecule has 3 rings (SSSR count). The molecule has 0 N–H and O–H groups in total. The largest absolute Gasteiger partial charge is 0.469 e. The number of rotatable bonds is 1. The standard InChI is InChI=1S/C18H18O2/c1-12-7-3-4-8-13-11-16(18(19)20-2)17(12)15-10-6-5-9-14(13)15/h3-10,13,16-17H,1,11H2,2H3/b7-3-,8-4-. The van der Waals surface area contributed by atoms with Crippen LogP contribution < -0.4 is 0 Å². The summed E-state index contributed by atoms with van der Waals surface area (Å²) in [4.78, 5) is 12.2. The zero-order chi connectivity index (χ0) is 14.1. The van der Waals surface area contributed by atoms with E-state index < -0.39 is 0 Å². The number of carbonyl (C=O) groups excluding carboxylic acids is 1. The van der Waals surface area contributed by atoms with Crippen LogP contribution in [-0.2, 0) is 9.53 Å². The number of hydrogen-bond donors (Lipinski definition) is 0. The second kappa shape index (κ2) is 5.12. The molecular formula is C18H18O2. The lowest BCUT2D eigenvalue weighted by Crippen LogP contribution is -2.30. The van der Waals surface area contributed by atoms with Gasteiger partial charge in [-0.1, -0.05) is 55.1 Å². The van der Waals surface area contributed by atoms with Gasteiger partial charge in [-0.2, -0.15) is 0 Å². The van der Waals surface area contributed by atoms with E-state index in [1.165, 1.54) is 18.2 Å². The van der Waals surface area contributed by atoms with Crippen molar-refractivity contribution >= 4 is 5.97 Å². The molecule has 2 bridgehead atoms. The highest BCUT2D eigenvalue weighted by Crippen LogP contribution is 2.47. The van der Waals surface area contributed by atoms with E-state index in [4.69, 9.17) is 4.74 Å². The first-order valence-electron chi connectivity index (χ1n) is 6.92. The Balaban J connectivity index is 2.19. The maximum atomic E-state index is 12.2. The summed E-state index contributed by atoms with van der Waals surface area (Å²) in [5.74, 6) is -0.00713. The minimum absolute atomic E-state index is 0.0195. The molecule has 1 aromatic carbocycles. The quantitative estimate of drug-likeness (QED) is 0.724. The van der Waals surface area contributed by atoms with Crippen LogP contribution in [0.15, 0.2) is 60.7 Å². The van der Waals surface area contributed by atoms with Gasteiger partial charge in [-0.15, -0.1) is 0 Å². The summed E-state index contributed by atoms with van der Waals surface area (Å²) in [5.41, 5.74) is 3.48. The van der Waals surface area contributed by atoms with Crippen molar-refractivity contribution in [3.05, 3.63) is 71.8 Å². The third kappa shape index (κ3) is 2.01. The van der Waals surface area contributed by atoms with Crippen LogP contribution in [0.4, 0.5) is 0 Å². The molecule has 0 saturated carbocycles.